The molecule has 0 saturated carbocycles. The quantitative estimate of drug-likeness (QED) is 0.690. The van der Waals surface area contributed by atoms with Crippen LogP contribution in [0.25, 0.3) is 11.3 Å². The van der Waals surface area contributed by atoms with Gasteiger partial charge >= 0.3 is 0 Å². The van der Waals surface area contributed by atoms with Crippen molar-refractivity contribution in [2.75, 3.05) is 6.54 Å². The number of nitrogens with zero attached hydrogens (tertiary/aromatic N) is 2. The molecule has 2 heterocycles. The number of rotatable bonds is 7. The van der Waals surface area contributed by atoms with Gasteiger partial charge in [0.15, 0.2) is 0 Å². The molecular formula is C18H19N3O2S2. The Hall–Kier alpha value is -2.09. The van der Waals surface area contributed by atoms with Crippen LogP contribution in [-0.4, -0.2) is 24.9 Å². The van der Waals surface area contributed by atoms with Crippen LogP contribution in [0, 0.1) is 6.92 Å². The third kappa shape index (κ3) is 5.19. The van der Waals surface area contributed by atoms with Crippen LogP contribution in [0.15, 0.2) is 54.2 Å². The summed E-state index contributed by atoms with van der Waals surface area (Å²) in [6, 6.07) is 11.4. The summed E-state index contributed by atoms with van der Waals surface area (Å²) in [5.41, 5.74) is 3.68. The fourth-order valence-electron chi connectivity index (χ4n) is 2.46. The molecule has 0 aliphatic heterocycles. The zero-order chi connectivity index (χ0) is 17.7. The second-order valence-electron chi connectivity index (χ2n) is 5.76. The summed E-state index contributed by atoms with van der Waals surface area (Å²) < 4.78 is 27.0. The van der Waals surface area contributed by atoms with Crippen LogP contribution >= 0.6 is 11.3 Å². The third-order valence-corrected chi connectivity index (χ3v) is 5.87. The van der Waals surface area contributed by atoms with Crippen molar-refractivity contribution in [3.63, 3.8) is 0 Å². The summed E-state index contributed by atoms with van der Waals surface area (Å²) in [4.78, 5) is 8.62. The van der Waals surface area contributed by atoms with Crippen LogP contribution in [0.4, 0.5) is 0 Å². The van der Waals surface area contributed by atoms with Gasteiger partial charge in [-0.05, 0) is 24.6 Å². The molecule has 0 radical (unpaired) electrons. The first-order chi connectivity index (χ1) is 12.0. The first kappa shape index (κ1) is 17.7. The van der Waals surface area contributed by atoms with Crippen molar-refractivity contribution in [1.29, 1.82) is 0 Å². The van der Waals surface area contributed by atoms with Gasteiger partial charge in [0.05, 0.1) is 16.5 Å². The first-order valence-electron chi connectivity index (χ1n) is 7.89. The molecule has 0 saturated heterocycles. The van der Waals surface area contributed by atoms with Crippen molar-refractivity contribution in [1.82, 2.24) is 14.7 Å². The second-order valence-corrected chi connectivity index (χ2v) is 8.51. The largest absolute Gasteiger partial charge is 0.264 e. The molecule has 0 bridgehead atoms. The second kappa shape index (κ2) is 7.86. The van der Waals surface area contributed by atoms with E-state index < -0.39 is 10.0 Å². The molecule has 130 valence electrons. The molecule has 0 unspecified atom stereocenters. The Bertz CT molecular complexity index is 938. The summed E-state index contributed by atoms with van der Waals surface area (Å²) in [5.74, 6) is -0.00646. The van der Waals surface area contributed by atoms with Crippen molar-refractivity contribution in [2.45, 2.75) is 19.1 Å². The predicted octanol–water partition coefficient (Wildman–Crippen LogP) is 3.18. The van der Waals surface area contributed by atoms with Gasteiger partial charge in [0.25, 0.3) is 0 Å². The third-order valence-electron chi connectivity index (χ3n) is 3.61. The highest BCUT2D eigenvalue weighted by Crippen LogP contribution is 2.21. The van der Waals surface area contributed by atoms with Crippen LogP contribution in [-0.2, 0) is 22.2 Å². The number of benzene rings is 1. The minimum Gasteiger partial charge on any atom is -0.264 e. The van der Waals surface area contributed by atoms with E-state index in [4.69, 9.17) is 0 Å². The van der Waals surface area contributed by atoms with Crippen LogP contribution < -0.4 is 4.72 Å². The molecule has 3 rings (SSSR count). The lowest BCUT2D eigenvalue weighted by Crippen LogP contribution is -2.27. The van der Waals surface area contributed by atoms with Crippen molar-refractivity contribution >= 4 is 21.4 Å². The van der Waals surface area contributed by atoms with Gasteiger partial charge in [0.1, 0.15) is 0 Å². The number of sulfonamides is 1. The molecule has 0 spiro atoms. The Morgan fingerprint density at radius 3 is 2.84 bits per heavy atom. The fourth-order valence-corrected chi connectivity index (χ4v) is 4.40. The van der Waals surface area contributed by atoms with Gasteiger partial charge < -0.3 is 0 Å². The van der Waals surface area contributed by atoms with Gasteiger partial charge in [0, 0.05) is 36.3 Å². The van der Waals surface area contributed by atoms with E-state index in [2.05, 4.69) is 14.7 Å². The summed E-state index contributed by atoms with van der Waals surface area (Å²) in [7, 11) is -3.35. The smallest absolute Gasteiger partial charge is 0.215 e. The maximum Gasteiger partial charge on any atom is 0.215 e. The van der Waals surface area contributed by atoms with E-state index >= 15 is 0 Å². The standard InChI is InChI=1S/C18H19N3O2S2/c1-14-4-2-5-15(10-14)13-25(22,23)20-9-7-18-21-17(12-24-18)16-6-3-8-19-11-16/h2-6,8,10-12,20H,7,9,13H2,1H3. The molecule has 1 aromatic carbocycles. The predicted molar refractivity (Wildman–Crippen MR) is 101 cm³/mol. The summed E-state index contributed by atoms with van der Waals surface area (Å²) in [6.45, 7) is 2.29. The van der Waals surface area contributed by atoms with Gasteiger partial charge in [-0.2, -0.15) is 0 Å². The van der Waals surface area contributed by atoms with Crippen LogP contribution in [0.2, 0.25) is 0 Å². The molecule has 0 amide bonds. The average Bonchev–Trinajstić information content (AvgIpc) is 3.04. The molecule has 0 fully saturated rings. The van der Waals surface area contributed by atoms with Crippen LogP contribution in [0.5, 0.6) is 0 Å². The molecule has 0 aliphatic carbocycles. The number of hydrogen-bond acceptors (Lipinski definition) is 5. The highest BCUT2D eigenvalue weighted by molar-refractivity contribution is 7.88. The van der Waals surface area contributed by atoms with Gasteiger partial charge in [-0.3, -0.25) is 4.98 Å². The molecule has 3 aromatic rings. The number of hydrogen-bond donors (Lipinski definition) is 1. The summed E-state index contributed by atoms with van der Waals surface area (Å²) in [6.07, 6.45) is 4.06. The van der Waals surface area contributed by atoms with Gasteiger partial charge in [-0.15, -0.1) is 11.3 Å². The molecule has 0 aliphatic rings. The molecular weight excluding hydrogens is 354 g/mol. The van der Waals surface area contributed by atoms with Crippen LogP contribution in [0.1, 0.15) is 16.1 Å². The van der Waals surface area contributed by atoms with Crippen molar-refractivity contribution in [3.8, 4) is 11.3 Å². The monoisotopic (exact) mass is 373 g/mol. The van der Waals surface area contributed by atoms with Crippen LogP contribution in [0.3, 0.4) is 0 Å². The SMILES string of the molecule is Cc1cccc(CS(=O)(=O)NCCc2nc(-c3cccnc3)cs2)c1. The molecule has 25 heavy (non-hydrogen) atoms. The van der Waals surface area contributed by atoms with Gasteiger partial charge in [0.2, 0.25) is 10.0 Å². The van der Waals surface area contributed by atoms with Crippen molar-refractivity contribution in [3.05, 3.63) is 70.3 Å². The topological polar surface area (TPSA) is 72.0 Å². The molecule has 7 heteroatoms. The van der Waals surface area contributed by atoms with E-state index in [9.17, 15) is 8.42 Å². The summed E-state index contributed by atoms with van der Waals surface area (Å²) in [5, 5.41) is 2.87. The highest BCUT2D eigenvalue weighted by Gasteiger charge is 2.12. The Balaban J connectivity index is 1.55. The molecule has 2 aromatic heterocycles. The minimum absolute atomic E-state index is 0.00646. The zero-order valence-electron chi connectivity index (χ0n) is 13.8. The lowest BCUT2D eigenvalue weighted by Gasteiger charge is -2.06. The number of nitrogens with one attached hydrogen (secondary N) is 1. The Labute approximate surface area is 151 Å². The molecule has 5 nitrogen and oxygen atoms in total. The summed E-state index contributed by atoms with van der Waals surface area (Å²) >= 11 is 1.53. The number of aromatic nitrogens is 2. The minimum atomic E-state index is -3.35. The Morgan fingerprint density at radius 2 is 2.08 bits per heavy atom. The van der Waals surface area contributed by atoms with Gasteiger partial charge in [-0.1, -0.05) is 29.8 Å². The molecule has 1 N–H and O–H groups in total. The molecule has 0 atom stereocenters. The average molecular weight is 374 g/mol. The Morgan fingerprint density at radius 1 is 1.20 bits per heavy atom. The lowest BCUT2D eigenvalue weighted by molar-refractivity contribution is 0.580. The van der Waals surface area contributed by atoms with Crippen molar-refractivity contribution in [2.24, 2.45) is 0 Å². The zero-order valence-corrected chi connectivity index (χ0v) is 15.5. The lowest BCUT2D eigenvalue weighted by atomic mass is 10.2. The maximum atomic E-state index is 12.2. The number of aryl methyl sites for hydroxylation is 1. The van der Waals surface area contributed by atoms with E-state index in [1.165, 1.54) is 11.3 Å². The van der Waals surface area contributed by atoms with E-state index in [1.54, 1.807) is 12.4 Å². The fraction of sp³-hybridized carbons (Fsp3) is 0.222. The normalized spacial score (nSPS) is 11.6. The first-order valence-corrected chi connectivity index (χ1v) is 10.4. The number of pyridine rings is 1. The van der Waals surface area contributed by atoms with E-state index in [1.807, 2.05) is 48.7 Å². The number of thiazole rings is 1. The van der Waals surface area contributed by atoms with Gasteiger partial charge in [-0.25, -0.2) is 18.1 Å². The highest BCUT2D eigenvalue weighted by atomic mass is 32.2. The van der Waals surface area contributed by atoms with E-state index in [0.717, 1.165) is 27.4 Å². The van der Waals surface area contributed by atoms with E-state index in [-0.39, 0.29) is 5.75 Å². The van der Waals surface area contributed by atoms with Crippen molar-refractivity contribution < 1.29 is 8.42 Å². The van der Waals surface area contributed by atoms with E-state index in [0.29, 0.717) is 13.0 Å². The maximum absolute atomic E-state index is 12.2. The Kier molecular flexibility index (Phi) is 5.57.